The van der Waals surface area contributed by atoms with Crippen LogP contribution in [-0.2, 0) is 6.18 Å². The Balaban J connectivity index is 1.62. The Hall–Kier alpha value is -4.49. The van der Waals surface area contributed by atoms with Gasteiger partial charge in [-0.2, -0.15) is 23.0 Å². The van der Waals surface area contributed by atoms with Crippen molar-refractivity contribution in [3.63, 3.8) is 0 Å². The summed E-state index contributed by atoms with van der Waals surface area (Å²) in [5.41, 5.74) is 0.811. The maximum atomic E-state index is 13.4. The lowest BCUT2D eigenvalue weighted by molar-refractivity contribution is -0.137. The van der Waals surface area contributed by atoms with Crippen molar-refractivity contribution in [1.29, 1.82) is 0 Å². The van der Waals surface area contributed by atoms with Crippen molar-refractivity contribution in [2.45, 2.75) is 26.1 Å². The van der Waals surface area contributed by atoms with Crippen molar-refractivity contribution in [2.24, 2.45) is 0 Å². The number of amides is 1. The predicted molar refractivity (Wildman–Crippen MR) is 139 cm³/mol. The Morgan fingerprint density at radius 2 is 1.85 bits per heavy atom. The molecule has 0 fully saturated rings. The van der Waals surface area contributed by atoms with E-state index in [0.717, 1.165) is 17.3 Å². The molecule has 0 saturated carbocycles. The number of aryl methyl sites for hydroxylation is 2. The Kier molecular flexibility index (Phi) is 7.83. The van der Waals surface area contributed by atoms with Crippen LogP contribution in [0.25, 0.3) is 5.82 Å². The van der Waals surface area contributed by atoms with Crippen molar-refractivity contribution < 1.29 is 28.2 Å². The van der Waals surface area contributed by atoms with Gasteiger partial charge in [-0.3, -0.25) is 4.79 Å². The normalized spacial score (nSPS) is 12.2. The number of hydrogen-bond acceptors (Lipinski definition) is 8. The number of aliphatic hydroxyl groups excluding tert-OH is 2. The SMILES string of the molecule is CNc1cc(-n2nc(C)cc2Nc2cc(NC(=O)c3cc(C(O)CO)cc(C(F)(F)F)c3)ccc2C)ncn1. The minimum Gasteiger partial charge on any atom is -0.393 e. The molecule has 0 bridgehead atoms. The third-order valence-electron chi connectivity index (χ3n) is 5.82. The minimum atomic E-state index is -4.75. The van der Waals surface area contributed by atoms with Gasteiger partial charge in [0.2, 0.25) is 0 Å². The Morgan fingerprint density at radius 1 is 1.08 bits per heavy atom. The molecular weight excluding hydrogens is 515 g/mol. The summed E-state index contributed by atoms with van der Waals surface area (Å²) in [6.45, 7) is 2.87. The first-order valence-corrected chi connectivity index (χ1v) is 11.8. The van der Waals surface area contributed by atoms with E-state index in [4.69, 9.17) is 0 Å². The predicted octanol–water partition coefficient (Wildman–Crippen LogP) is 4.36. The molecule has 10 nitrogen and oxygen atoms in total. The van der Waals surface area contributed by atoms with E-state index < -0.39 is 30.4 Å². The molecule has 4 rings (SSSR count). The Bertz CT molecular complexity index is 1500. The molecule has 204 valence electrons. The van der Waals surface area contributed by atoms with Crippen LogP contribution in [0, 0.1) is 13.8 Å². The van der Waals surface area contributed by atoms with Crippen molar-refractivity contribution in [2.75, 3.05) is 29.6 Å². The van der Waals surface area contributed by atoms with E-state index in [9.17, 15) is 28.2 Å². The molecule has 2 aromatic heterocycles. The van der Waals surface area contributed by atoms with E-state index in [2.05, 4.69) is 31.0 Å². The number of carbonyl (C=O) groups is 1. The maximum Gasteiger partial charge on any atom is 0.416 e. The minimum absolute atomic E-state index is 0.224. The second-order valence-corrected chi connectivity index (χ2v) is 8.74. The molecule has 0 radical (unpaired) electrons. The van der Waals surface area contributed by atoms with E-state index in [-0.39, 0.29) is 11.1 Å². The number of anilines is 4. The maximum absolute atomic E-state index is 13.4. The van der Waals surface area contributed by atoms with Gasteiger partial charge in [0.25, 0.3) is 5.91 Å². The highest BCUT2D eigenvalue weighted by molar-refractivity contribution is 6.04. The first-order chi connectivity index (χ1) is 18.5. The monoisotopic (exact) mass is 541 g/mol. The Morgan fingerprint density at radius 3 is 2.54 bits per heavy atom. The van der Waals surface area contributed by atoms with Gasteiger partial charge in [-0.15, -0.1) is 0 Å². The summed E-state index contributed by atoms with van der Waals surface area (Å²) in [5.74, 6) is 0.880. The zero-order chi connectivity index (χ0) is 28.3. The molecule has 4 aromatic rings. The number of halogens is 3. The highest BCUT2D eigenvalue weighted by Crippen LogP contribution is 2.33. The second kappa shape index (κ2) is 11.1. The number of alkyl halides is 3. The first-order valence-electron chi connectivity index (χ1n) is 11.8. The molecular formula is C26H26F3N7O3. The van der Waals surface area contributed by atoms with Gasteiger partial charge in [-0.1, -0.05) is 6.07 Å². The van der Waals surface area contributed by atoms with Crippen molar-refractivity contribution in [3.05, 3.63) is 82.8 Å². The fraction of sp³-hybridized carbons (Fsp3) is 0.231. The molecule has 2 aromatic carbocycles. The lowest BCUT2D eigenvalue weighted by atomic mass is 10.0. The summed E-state index contributed by atoms with van der Waals surface area (Å²) in [7, 11) is 1.73. The molecule has 0 aliphatic rings. The van der Waals surface area contributed by atoms with Crippen LogP contribution in [0.3, 0.4) is 0 Å². The molecule has 0 aliphatic heterocycles. The van der Waals surface area contributed by atoms with Crippen LogP contribution in [0.15, 0.2) is 54.9 Å². The lowest BCUT2D eigenvalue weighted by Gasteiger charge is -2.16. The van der Waals surface area contributed by atoms with Gasteiger partial charge in [0, 0.05) is 36.1 Å². The number of nitrogens with zero attached hydrogens (tertiary/aromatic N) is 4. The number of hydrogen-bond donors (Lipinski definition) is 5. The number of benzene rings is 2. The van der Waals surface area contributed by atoms with Crippen LogP contribution in [0.1, 0.15) is 38.8 Å². The van der Waals surface area contributed by atoms with Gasteiger partial charge in [-0.05, 0) is 55.3 Å². The molecule has 2 heterocycles. The lowest BCUT2D eigenvalue weighted by Crippen LogP contribution is -2.16. The third-order valence-corrected chi connectivity index (χ3v) is 5.82. The number of nitrogens with one attached hydrogen (secondary N) is 3. The van der Waals surface area contributed by atoms with Gasteiger partial charge in [0.15, 0.2) is 5.82 Å². The molecule has 1 amide bonds. The topological polar surface area (TPSA) is 137 Å². The van der Waals surface area contributed by atoms with Gasteiger partial charge >= 0.3 is 6.18 Å². The summed E-state index contributed by atoms with van der Waals surface area (Å²) in [4.78, 5) is 21.3. The Labute approximate surface area is 221 Å². The van der Waals surface area contributed by atoms with Crippen LogP contribution >= 0.6 is 0 Å². The van der Waals surface area contributed by atoms with E-state index in [1.54, 1.807) is 36.0 Å². The van der Waals surface area contributed by atoms with Crippen molar-refractivity contribution in [3.8, 4) is 5.82 Å². The molecule has 39 heavy (non-hydrogen) atoms. The van der Waals surface area contributed by atoms with E-state index in [1.807, 2.05) is 19.9 Å². The quantitative estimate of drug-likeness (QED) is 0.222. The summed E-state index contributed by atoms with van der Waals surface area (Å²) in [5, 5.41) is 32.4. The molecule has 0 saturated heterocycles. The van der Waals surface area contributed by atoms with Gasteiger partial charge in [0.1, 0.15) is 24.1 Å². The molecule has 1 atom stereocenters. The second-order valence-electron chi connectivity index (χ2n) is 8.74. The molecule has 13 heteroatoms. The molecule has 0 aliphatic carbocycles. The van der Waals surface area contributed by atoms with Crippen LogP contribution in [0.4, 0.5) is 36.2 Å². The van der Waals surface area contributed by atoms with E-state index >= 15 is 0 Å². The summed E-state index contributed by atoms with van der Waals surface area (Å²) in [6.07, 6.45) is -4.91. The smallest absolute Gasteiger partial charge is 0.393 e. The number of aliphatic hydroxyl groups is 2. The average Bonchev–Trinajstić information content (AvgIpc) is 3.29. The number of carbonyl (C=O) groups excluding carboxylic acids is 1. The van der Waals surface area contributed by atoms with E-state index in [0.29, 0.717) is 41.0 Å². The third kappa shape index (κ3) is 6.33. The van der Waals surface area contributed by atoms with Gasteiger partial charge < -0.3 is 26.2 Å². The van der Waals surface area contributed by atoms with Crippen molar-refractivity contribution >= 4 is 28.9 Å². The average molecular weight is 542 g/mol. The first kappa shape index (κ1) is 27.5. The summed E-state index contributed by atoms with van der Waals surface area (Å²) in [6, 6.07) is 11.0. The zero-order valence-corrected chi connectivity index (χ0v) is 21.2. The molecule has 1 unspecified atom stereocenters. The van der Waals surface area contributed by atoms with Crippen molar-refractivity contribution in [1.82, 2.24) is 19.7 Å². The standard InChI is InChI=1S/C26H26F3N7O3/c1-14-4-5-19(33-25(39)17-7-16(21(38)12-37)8-18(9-17)26(27,28)29)10-20(14)34-24-6-15(2)35-36(24)23-11-22(30-3)31-13-32-23/h4-11,13,21,34,37-38H,12H2,1-3H3,(H,33,39)(H,30,31,32). The van der Waals surface area contributed by atoms with Gasteiger partial charge in [-0.25, -0.2) is 9.97 Å². The largest absolute Gasteiger partial charge is 0.416 e. The number of aromatic nitrogens is 4. The van der Waals surface area contributed by atoms with Crippen LogP contribution in [0.5, 0.6) is 0 Å². The van der Waals surface area contributed by atoms with Gasteiger partial charge in [0.05, 0.1) is 17.9 Å². The molecule has 0 spiro atoms. The van der Waals surface area contributed by atoms with Crippen LogP contribution < -0.4 is 16.0 Å². The summed E-state index contributed by atoms with van der Waals surface area (Å²) < 4.78 is 41.8. The highest BCUT2D eigenvalue weighted by Gasteiger charge is 2.32. The summed E-state index contributed by atoms with van der Waals surface area (Å²) >= 11 is 0. The van der Waals surface area contributed by atoms with Crippen LogP contribution in [-0.4, -0.2) is 49.5 Å². The number of rotatable bonds is 8. The highest BCUT2D eigenvalue weighted by atomic mass is 19.4. The fourth-order valence-corrected chi connectivity index (χ4v) is 3.78. The zero-order valence-electron chi connectivity index (χ0n) is 21.2. The van der Waals surface area contributed by atoms with Crippen LogP contribution in [0.2, 0.25) is 0 Å². The van der Waals surface area contributed by atoms with E-state index in [1.165, 1.54) is 6.33 Å². The molecule has 5 N–H and O–H groups in total. The fourth-order valence-electron chi connectivity index (χ4n) is 3.78.